The van der Waals surface area contributed by atoms with Crippen molar-refractivity contribution in [1.29, 1.82) is 0 Å². The van der Waals surface area contributed by atoms with Crippen LogP contribution in [0.2, 0.25) is 0 Å². The van der Waals surface area contributed by atoms with Crippen molar-refractivity contribution in [3.63, 3.8) is 0 Å². The third-order valence-corrected chi connectivity index (χ3v) is 13.6. The highest BCUT2D eigenvalue weighted by atomic mass is 32.2. The molecule has 0 fully saturated rings. The van der Waals surface area contributed by atoms with Crippen molar-refractivity contribution in [3.05, 3.63) is 36.4 Å². The van der Waals surface area contributed by atoms with Gasteiger partial charge in [-0.1, -0.05) is 34.1 Å². The van der Waals surface area contributed by atoms with E-state index in [1.807, 2.05) is 0 Å². The number of carboxylic acids is 1. The van der Waals surface area contributed by atoms with Crippen LogP contribution in [0.1, 0.15) is 103 Å². The number of aliphatic hydroxyl groups excluding tert-OH is 2. The van der Waals surface area contributed by atoms with Gasteiger partial charge in [0.25, 0.3) is 0 Å². The molecule has 0 saturated carbocycles. The minimum atomic E-state index is -1.72. The maximum atomic E-state index is 14.4. The van der Waals surface area contributed by atoms with Gasteiger partial charge in [-0.05, 0) is 81.8 Å². The van der Waals surface area contributed by atoms with Gasteiger partial charge < -0.3 is 102 Å². The molecule has 0 radical (unpaired) electrons. The molecule has 33 nitrogen and oxygen atoms in total. The van der Waals surface area contributed by atoms with Crippen LogP contribution in [0.4, 0.5) is 0 Å². The standard InChI is InChI=1S/C52H89N19O14S/c1-27(2)17-35(66-42(75)31(54)9-6-7-14-53)46(79)70-40(24-73)50(83)69-37(19-29-21-58-25-61-29)47(80)67-36(18-28(3)4)45(78)63-32(11-12-41(55)74)43(76)64-33(13-16-86-5)44(77)68-38(20-30-22-59-26-62-30)48(81)71-39(23-72)49(82)65-34(51(84)85)10-8-15-60-52(56)57/h21-22,25-28,31-40,72-73H,6-20,23-24,53-54H2,1-5H3,(H2,55,74)(H,58,61)(H,59,62)(H,63,78)(H,64,76)(H,65,82)(H,66,75)(H,67,80)(H,68,77)(H,69,83)(H,70,79)(H,71,81)(H,84,85)(H4,56,57,60)/t31-,32-,33-,34-,35-,36-,37-,38-,39-,40-/m0/s1. The number of aromatic nitrogens is 4. The van der Waals surface area contributed by atoms with E-state index in [0.717, 1.165) is 0 Å². The number of aliphatic imine (C=N–C) groups is 1. The van der Waals surface area contributed by atoms with E-state index < -0.39 is 152 Å². The number of aliphatic carboxylic acids is 1. The fourth-order valence-electron chi connectivity index (χ4n) is 8.36. The number of aliphatic hydroxyl groups is 2. The number of carboxylic acid groups (broad SMARTS) is 1. The average molecular weight is 1240 g/mol. The van der Waals surface area contributed by atoms with Gasteiger partial charge in [0, 0.05) is 49.6 Å². The van der Waals surface area contributed by atoms with Crippen LogP contribution in [0.15, 0.2) is 30.0 Å². The third-order valence-electron chi connectivity index (χ3n) is 13.0. The van der Waals surface area contributed by atoms with E-state index in [1.165, 1.54) is 36.8 Å². The number of unbranched alkanes of at least 4 members (excludes halogenated alkanes) is 1. The normalized spacial score (nSPS) is 14.7. The summed E-state index contributed by atoms with van der Waals surface area (Å²) in [6, 6.07) is -14.5. The average Bonchev–Trinajstić information content (AvgIpc) is 4.12. The number of rotatable bonds is 43. The molecule has 2 aromatic rings. The Morgan fingerprint density at radius 1 is 0.535 bits per heavy atom. The Labute approximate surface area is 502 Å². The second-order valence-corrected chi connectivity index (χ2v) is 22.2. The molecule has 0 aromatic carbocycles. The number of aromatic amines is 2. The van der Waals surface area contributed by atoms with Crippen molar-refractivity contribution in [2.45, 2.75) is 165 Å². The van der Waals surface area contributed by atoms with E-state index in [9.17, 15) is 68.1 Å². The van der Waals surface area contributed by atoms with Gasteiger partial charge in [-0.25, -0.2) is 14.8 Å². The number of carbonyl (C=O) groups excluding carboxylic acids is 10. The van der Waals surface area contributed by atoms with Gasteiger partial charge in [-0.3, -0.25) is 52.9 Å². The Kier molecular flexibility index (Phi) is 34.2. The first-order valence-corrected chi connectivity index (χ1v) is 29.5. The minimum absolute atomic E-state index is 0.0510. The van der Waals surface area contributed by atoms with Crippen LogP contribution in [0.25, 0.3) is 0 Å². The Balaban J connectivity index is 2.42. The molecule has 10 atom stereocenters. The number of imidazole rings is 2. The molecular weight excluding hydrogens is 1150 g/mol. The summed E-state index contributed by atoms with van der Waals surface area (Å²) in [6.07, 6.45) is 7.20. The van der Waals surface area contributed by atoms with Crippen LogP contribution in [-0.2, 0) is 65.6 Å². The minimum Gasteiger partial charge on any atom is -0.480 e. The number of nitrogens with one attached hydrogen (secondary N) is 11. The quantitative estimate of drug-likeness (QED) is 0.0167. The Morgan fingerprint density at radius 2 is 0.930 bits per heavy atom. The van der Waals surface area contributed by atoms with Crippen LogP contribution in [0.5, 0.6) is 0 Å². The third kappa shape index (κ3) is 28.3. The molecule has 10 amide bonds. The van der Waals surface area contributed by atoms with E-state index in [4.69, 9.17) is 28.7 Å². The smallest absolute Gasteiger partial charge is 0.326 e. The monoisotopic (exact) mass is 1240 g/mol. The van der Waals surface area contributed by atoms with Crippen LogP contribution in [0, 0.1) is 11.8 Å². The Hall–Kier alpha value is -7.95. The summed E-state index contributed by atoms with van der Waals surface area (Å²) in [5, 5.41) is 52.8. The lowest BCUT2D eigenvalue weighted by molar-refractivity contribution is -0.142. The van der Waals surface area contributed by atoms with Gasteiger partial charge in [0.15, 0.2) is 5.96 Å². The number of amides is 10. The number of nitrogens with zero attached hydrogens (tertiary/aromatic N) is 3. The van der Waals surface area contributed by atoms with Crippen LogP contribution in [-0.4, -0.2) is 205 Å². The summed E-state index contributed by atoms with van der Waals surface area (Å²) in [5.41, 5.74) is 28.4. The molecule has 0 bridgehead atoms. The number of nitrogens with two attached hydrogens (primary N) is 5. The molecule has 86 heavy (non-hydrogen) atoms. The molecule has 2 heterocycles. The number of hydrogen-bond donors (Lipinski definition) is 19. The molecule has 0 aliphatic heterocycles. The lowest BCUT2D eigenvalue weighted by atomic mass is 10.0. The summed E-state index contributed by atoms with van der Waals surface area (Å²) < 4.78 is 0. The summed E-state index contributed by atoms with van der Waals surface area (Å²) in [4.78, 5) is 166. The second-order valence-electron chi connectivity index (χ2n) is 21.2. The number of hydrogen-bond acceptors (Lipinski definition) is 19. The first-order chi connectivity index (χ1) is 40.7. The molecule has 24 N–H and O–H groups in total. The SMILES string of the molecule is CSCC[C@H](NC(=O)[C@H](CCC(N)=O)NC(=O)[C@H](CC(C)C)NC(=O)[C@H](Cc1cnc[nH]1)NC(=O)[C@H](CO)NC(=O)[C@H](CC(C)C)NC(=O)[C@@H](N)CCCCN)C(=O)N[C@@H](Cc1cnc[nH]1)C(=O)N[C@@H](CO)C(=O)N[C@@H](CCCN=C(N)N)C(=O)O. The predicted molar refractivity (Wildman–Crippen MR) is 315 cm³/mol. The second kappa shape index (κ2) is 39.6. The molecule has 482 valence electrons. The summed E-state index contributed by atoms with van der Waals surface area (Å²) in [6.45, 7) is 5.59. The number of primary amides is 1. The number of guanidine groups is 1. The highest BCUT2D eigenvalue weighted by Crippen LogP contribution is 2.13. The molecule has 0 spiro atoms. The van der Waals surface area contributed by atoms with Gasteiger partial charge in [0.2, 0.25) is 59.1 Å². The van der Waals surface area contributed by atoms with E-state index in [0.29, 0.717) is 37.2 Å². The van der Waals surface area contributed by atoms with Gasteiger partial charge in [0.1, 0.15) is 54.4 Å². The molecular formula is C52H89N19O14S. The van der Waals surface area contributed by atoms with E-state index in [-0.39, 0.29) is 75.0 Å². The first-order valence-electron chi connectivity index (χ1n) is 28.1. The Bertz CT molecular complexity index is 2520. The number of H-pyrrole nitrogens is 2. The first kappa shape index (κ1) is 74.2. The van der Waals surface area contributed by atoms with Crippen LogP contribution in [0.3, 0.4) is 0 Å². The lowest BCUT2D eigenvalue weighted by Crippen LogP contribution is -2.61. The van der Waals surface area contributed by atoms with Crippen LogP contribution >= 0.6 is 11.8 Å². The largest absolute Gasteiger partial charge is 0.480 e. The van der Waals surface area contributed by atoms with Crippen molar-refractivity contribution in [2.24, 2.45) is 45.5 Å². The number of thioether (sulfide) groups is 1. The Morgan fingerprint density at radius 3 is 1.33 bits per heavy atom. The number of carbonyl (C=O) groups is 11. The fraction of sp³-hybridized carbons (Fsp3) is 0.654. The summed E-state index contributed by atoms with van der Waals surface area (Å²) >= 11 is 1.29. The molecule has 2 rings (SSSR count). The van der Waals surface area contributed by atoms with E-state index in [2.05, 4.69) is 72.8 Å². The molecule has 0 saturated heterocycles. The fourth-order valence-corrected chi connectivity index (χ4v) is 8.83. The van der Waals surface area contributed by atoms with Gasteiger partial charge in [-0.15, -0.1) is 0 Å². The summed E-state index contributed by atoms with van der Waals surface area (Å²) in [5.74, 6) is -11.0. The molecule has 0 unspecified atom stereocenters. The molecule has 0 aliphatic rings. The zero-order valence-corrected chi connectivity index (χ0v) is 50.0. The molecule has 0 aliphatic carbocycles. The van der Waals surface area contributed by atoms with Gasteiger partial charge >= 0.3 is 5.97 Å². The topological polar surface area (TPSA) is 557 Å². The lowest BCUT2D eigenvalue weighted by Gasteiger charge is -2.28. The maximum Gasteiger partial charge on any atom is 0.326 e. The zero-order chi connectivity index (χ0) is 64.5. The molecule has 2 aromatic heterocycles. The van der Waals surface area contributed by atoms with E-state index in [1.54, 1.807) is 34.0 Å². The maximum absolute atomic E-state index is 14.4. The highest BCUT2D eigenvalue weighted by molar-refractivity contribution is 7.98. The zero-order valence-electron chi connectivity index (χ0n) is 49.2. The van der Waals surface area contributed by atoms with Crippen LogP contribution < -0.4 is 76.5 Å². The van der Waals surface area contributed by atoms with Gasteiger partial charge in [0.05, 0.1) is 31.9 Å². The van der Waals surface area contributed by atoms with Gasteiger partial charge in [-0.2, -0.15) is 11.8 Å². The van der Waals surface area contributed by atoms with Crippen molar-refractivity contribution >= 4 is 82.8 Å². The van der Waals surface area contributed by atoms with Crippen molar-refractivity contribution in [1.82, 2.24) is 67.8 Å². The highest BCUT2D eigenvalue weighted by Gasteiger charge is 2.36. The summed E-state index contributed by atoms with van der Waals surface area (Å²) in [7, 11) is 0. The van der Waals surface area contributed by atoms with Crippen molar-refractivity contribution in [2.75, 3.05) is 38.3 Å². The van der Waals surface area contributed by atoms with Crippen molar-refractivity contribution in [3.8, 4) is 0 Å². The molecule has 34 heteroatoms. The predicted octanol–water partition coefficient (Wildman–Crippen LogP) is -6.03. The van der Waals surface area contributed by atoms with Crippen molar-refractivity contribution < 1.29 is 68.1 Å². The van der Waals surface area contributed by atoms with E-state index >= 15 is 0 Å².